The predicted molar refractivity (Wildman–Crippen MR) is 125 cm³/mol. The highest BCUT2D eigenvalue weighted by Crippen LogP contribution is 2.31. The molecule has 168 valence electrons. The van der Waals surface area contributed by atoms with E-state index in [0.29, 0.717) is 17.9 Å². The van der Waals surface area contributed by atoms with Crippen molar-refractivity contribution in [1.82, 2.24) is 0 Å². The molecular formula is C22H26BrNO6S. The van der Waals surface area contributed by atoms with Gasteiger partial charge in [0, 0.05) is 16.1 Å². The Morgan fingerprint density at radius 3 is 2.58 bits per heavy atom. The summed E-state index contributed by atoms with van der Waals surface area (Å²) in [6.45, 7) is 2.16. The van der Waals surface area contributed by atoms with Crippen molar-refractivity contribution in [3.05, 3.63) is 58.6 Å². The monoisotopic (exact) mass is 511 g/mol. The number of aliphatic hydroxyl groups is 1. The molecular weight excluding hydrogens is 486 g/mol. The van der Waals surface area contributed by atoms with Crippen LogP contribution in [0.1, 0.15) is 25.0 Å². The van der Waals surface area contributed by atoms with Gasteiger partial charge in [-0.25, -0.2) is 4.79 Å². The summed E-state index contributed by atoms with van der Waals surface area (Å²) in [5.74, 6) is 0.00718. The average Bonchev–Trinajstić information content (AvgIpc) is 2.77. The quantitative estimate of drug-likeness (QED) is 0.301. The van der Waals surface area contributed by atoms with Crippen LogP contribution in [0.3, 0.4) is 0 Å². The van der Waals surface area contributed by atoms with E-state index in [0.717, 1.165) is 10.0 Å². The molecule has 0 saturated heterocycles. The van der Waals surface area contributed by atoms with Crippen LogP contribution < -0.4 is 10.1 Å². The third kappa shape index (κ3) is 8.80. The standard InChI is InChI=1S/C22H26BrNO6S/c1-15(9-11-29-20(26)14-31)21(16-3-2-4-19(13-16)28-12-10-25)30-22(27)24-18-7-5-17(23)6-8-18/h2-8,13,15,21,25,31H,9-12,14H2,1H3,(H,24,27)/t15-,21+/m1/s1. The van der Waals surface area contributed by atoms with E-state index < -0.39 is 18.2 Å². The van der Waals surface area contributed by atoms with Gasteiger partial charge in [-0.1, -0.05) is 35.0 Å². The fourth-order valence-corrected chi connectivity index (χ4v) is 3.16. The molecule has 0 aliphatic heterocycles. The zero-order valence-corrected chi connectivity index (χ0v) is 19.6. The minimum atomic E-state index is -0.608. The van der Waals surface area contributed by atoms with Crippen molar-refractivity contribution in [2.75, 3.05) is 30.9 Å². The van der Waals surface area contributed by atoms with Gasteiger partial charge in [0.25, 0.3) is 0 Å². The highest BCUT2D eigenvalue weighted by molar-refractivity contribution is 9.10. The van der Waals surface area contributed by atoms with Gasteiger partial charge in [-0.05, 0) is 48.4 Å². The molecule has 31 heavy (non-hydrogen) atoms. The van der Waals surface area contributed by atoms with Gasteiger partial charge < -0.3 is 19.3 Å². The Morgan fingerprint density at radius 2 is 1.90 bits per heavy atom. The lowest BCUT2D eigenvalue weighted by atomic mass is 9.94. The summed E-state index contributed by atoms with van der Waals surface area (Å²) < 4.78 is 17.2. The molecule has 0 fully saturated rings. The number of aliphatic hydroxyl groups excluding tert-OH is 1. The topological polar surface area (TPSA) is 94.1 Å². The van der Waals surface area contributed by atoms with E-state index in [1.807, 2.05) is 25.1 Å². The fourth-order valence-electron chi connectivity index (χ4n) is 2.81. The van der Waals surface area contributed by atoms with Crippen LogP contribution in [0.5, 0.6) is 5.75 Å². The summed E-state index contributed by atoms with van der Waals surface area (Å²) in [5, 5.41) is 11.7. The number of rotatable bonds is 11. The summed E-state index contributed by atoms with van der Waals surface area (Å²) in [6.07, 6.45) is -0.728. The molecule has 0 aliphatic rings. The van der Waals surface area contributed by atoms with E-state index >= 15 is 0 Å². The average molecular weight is 512 g/mol. The van der Waals surface area contributed by atoms with Crippen LogP contribution in [-0.4, -0.2) is 42.7 Å². The Hall–Kier alpha value is -2.23. The van der Waals surface area contributed by atoms with E-state index in [-0.39, 0.29) is 31.5 Å². The maximum absolute atomic E-state index is 12.6. The van der Waals surface area contributed by atoms with E-state index in [9.17, 15) is 9.59 Å². The molecule has 0 saturated carbocycles. The smallest absolute Gasteiger partial charge is 0.412 e. The summed E-state index contributed by atoms with van der Waals surface area (Å²) in [4.78, 5) is 23.9. The van der Waals surface area contributed by atoms with Gasteiger partial charge in [0.15, 0.2) is 0 Å². The Kier molecular flexibility index (Phi) is 10.7. The Balaban J connectivity index is 2.13. The molecule has 9 heteroatoms. The summed E-state index contributed by atoms with van der Waals surface area (Å²) >= 11 is 7.24. The van der Waals surface area contributed by atoms with Crippen molar-refractivity contribution in [2.45, 2.75) is 19.4 Å². The van der Waals surface area contributed by atoms with Crippen LogP contribution in [0.15, 0.2) is 53.0 Å². The van der Waals surface area contributed by atoms with Gasteiger partial charge in [-0.2, -0.15) is 12.6 Å². The third-order valence-electron chi connectivity index (χ3n) is 4.35. The Bertz CT molecular complexity index is 848. The number of hydrogen-bond acceptors (Lipinski definition) is 7. The molecule has 2 atom stereocenters. The number of benzene rings is 2. The second-order valence-electron chi connectivity index (χ2n) is 6.75. The molecule has 0 spiro atoms. The normalized spacial score (nSPS) is 12.5. The van der Waals surface area contributed by atoms with Crippen LogP contribution in [0.4, 0.5) is 10.5 Å². The van der Waals surface area contributed by atoms with Crippen LogP contribution in [0.2, 0.25) is 0 Å². The van der Waals surface area contributed by atoms with Crippen LogP contribution in [0, 0.1) is 5.92 Å². The number of nitrogens with one attached hydrogen (secondary N) is 1. The molecule has 0 radical (unpaired) electrons. The van der Waals surface area contributed by atoms with Crippen LogP contribution >= 0.6 is 28.6 Å². The number of ether oxygens (including phenoxy) is 3. The van der Waals surface area contributed by atoms with Gasteiger partial charge in [-0.15, -0.1) is 0 Å². The molecule has 0 unspecified atom stereocenters. The van der Waals surface area contributed by atoms with E-state index in [1.54, 1.807) is 30.3 Å². The van der Waals surface area contributed by atoms with E-state index in [2.05, 4.69) is 33.9 Å². The molecule has 0 aromatic heterocycles. The molecule has 2 rings (SSSR count). The lowest BCUT2D eigenvalue weighted by Gasteiger charge is -2.25. The summed E-state index contributed by atoms with van der Waals surface area (Å²) in [5.41, 5.74) is 1.33. The van der Waals surface area contributed by atoms with Crippen molar-refractivity contribution < 1.29 is 28.9 Å². The first kappa shape index (κ1) is 25.0. The Morgan fingerprint density at radius 1 is 1.16 bits per heavy atom. The van der Waals surface area contributed by atoms with Crippen molar-refractivity contribution in [2.24, 2.45) is 5.92 Å². The zero-order valence-electron chi connectivity index (χ0n) is 17.1. The van der Waals surface area contributed by atoms with Crippen molar-refractivity contribution >= 4 is 46.3 Å². The van der Waals surface area contributed by atoms with Gasteiger partial charge in [0.1, 0.15) is 18.5 Å². The molecule has 2 aromatic carbocycles. The van der Waals surface area contributed by atoms with Gasteiger partial charge in [0.05, 0.1) is 19.0 Å². The number of thiol groups is 1. The molecule has 7 nitrogen and oxygen atoms in total. The number of esters is 1. The van der Waals surface area contributed by atoms with Gasteiger partial charge in [-0.3, -0.25) is 10.1 Å². The molecule has 0 bridgehead atoms. The minimum Gasteiger partial charge on any atom is -0.491 e. The molecule has 0 heterocycles. The number of amides is 1. The largest absolute Gasteiger partial charge is 0.491 e. The predicted octanol–water partition coefficient (Wildman–Crippen LogP) is 4.61. The molecule has 2 aromatic rings. The van der Waals surface area contributed by atoms with E-state index in [1.165, 1.54) is 0 Å². The van der Waals surface area contributed by atoms with Crippen LogP contribution in [-0.2, 0) is 14.3 Å². The molecule has 1 amide bonds. The van der Waals surface area contributed by atoms with Gasteiger partial charge >= 0.3 is 12.1 Å². The number of halogens is 1. The minimum absolute atomic E-state index is 0.00808. The zero-order chi connectivity index (χ0) is 22.6. The third-order valence-corrected chi connectivity index (χ3v) is 5.14. The number of hydrogen-bond donors (Lipinski definition) is 3. The maximum atomic E-state index is 12.6. The second kappa shape index (κ2) is 13.2. The first-order valence-electron chi connectivity index (χ1n) is 9.76. The highest BCUT2D eigenvalue weighted by Gasteiger charge is 2.25. The SMILES string of the molecule is C[C@H](CCOC(=O)CS)[C@H](OC(=O)Nc1ccc(Br)cc1)c1cccc(OCCO)c1. The summed E-state index contributed by atoms with van der Waals surface area (Å²) in [6, 6.07) is 14.3. The van der Waals surface area contributed by atoms with Crippen molar-refractivity contribution in [3.8, 4) is 5.75 Å². The number of anilines is 1. The lowest BCUT2D eigenvalue weighted by Crippen LogP contribution is -2.23. The highest BCUT2D eigenvalue weighted by atomic mass is 79.9. The van der Waals surface area contributed by atoms with Crippen LogP contribution in [0.25, 0.3) is 0 Å². The summed E-state index contributed by atoms with van der Waals surface area (Å²) in [7, 11) is 0. The molecule has 0 aliphatic carbocycles. The number of carbonyl (C=O) groups is 2. The van der Waals surface area contributed by atoms with E-state index in [4.69, 9.17) is 19.3 Å². The lowest BCUT2D eigenvalue weighted by molar-refractivity contribution is -0.141. The first-order chi connectivity index (χ1) is 14.9. The maximum Gasteiger partial charge on any atom is 0.412 e. The molecule has 2 N–H and O–H groups in total. The fraction of sp³-hybridized carbons (Fsp3) is 0.364. The first-order valence-corrected chi connectivity index (χ1v) is 11.2. The number of carbonyl (C=O) groups excluding carboxylic acids is 2. The van der Waals surface area contributed by atoms with Gasteiger partial charge in [0.2, 0.25) is 0 Å². The van der Waals surface area contributed by atoms with Crippen molar-refractivity contribution in [3.63, 3.8) is 0 Å². The second-order valence-corrected chi connectivity index (χ2v) is 7.98. The van der Waals surface area contributed by atoms with Crippen molar-refractivity contribution in [1.29, 1.82) is 0 Å². The Labute approximate surface area is 195 Å².